The van der Waals surface area contributed by atoms with E-state index in [1.807, 2.05) is 6.20 Å². The number of nitrogens with zero attached hydrogens (tertiary/aromatic N) is 3. The van der Waals surface area contributed by atoms with Crippen molar-refractivity contribution < 1.29 is 0 Å². The molecule has 0 aromatic carbocycles. The summed E-state index contributed by atoms with van der Waals surface area (Å²) in [6.45, 7) is 9.02. The molecule has 1 aliphatic heterocycles. The van der Waals surface area contributed by atoms with Crippen LogP contribution in [-0.2, 0) is 0 Å². The molecule has 0 saturated carbocycles. The van der Waals surface area contributed by atoms with E-state index in [2.05, 4.69) is 47.8 Å². The van der Waals surface area contributed by atoms with E-state index in [1.54, 1.807) is 0 Å². The number of likely N-dealkylation sites (N-methyl/N-ethyl adjacent to an activating group) is 1. The largest absolute Gasteiger partial charge is 0.354 e. The predicted octanol–water partition coefficient (Wildman–Crippen LogP) is 2.74. The molecule has 2 heterocycles. The Hall–Kier alpha value is -1.09. The summed E-state index contributed by atoms with van der Waals surface area (Å²) in [6.07, 6.45) is 4.47. The minimum Gasteiger partial charge on any atom is -0.354 e. The summed E-state index contributed by atoms with van der Waals surface area (Å²) < 4.78 is 0. The molecule has 0 N–H and O–H groups in total. The number of anilines is 1. The summed E-state index contributed by atoms with van der Waals surface area (Å²) in [6, 6.07) is 4.45. The lowest BCUT2D eigenvalue weighted by Gasteiger charge is -2.33. The van der Waals surface area contributed by atoms with Gasteiger partial charge >= 0.3 is 0 Å². The Labute approximate surface area is 111 Å². The second-order valence-electron chi connectivity index (χ2n) is 5.43. The van der Waals surface area contributed by atoms with Crippen LogP contribution in [0.4, 0.5) is 5.82 Å². The first-order chi connectivity index (χ1) is 8.70. The van der Waals surface area contributed by atoms with Gasteiger partial charge in [-0.25, -0.2) is 4.98 Å². The molecule has 0 amide bonds. The fourth-order valence-corrected chi connectivity index (χ4v) is 2.55. The van der Waals surface area contributed by atoms with Crippen molar-refractivity contribution in [3.05, 3.63) is 23.9 Å². The van der Waals surface area contributed by atoms with E-state index >= 15 is 0 Å². The summed E-state index contributed by atoms with van der Waals surface area (Å²) >= 11 is 0. The maximum Gasteiger partial charge on any atom is 0.128 e. The first kappa shape index (κ1) is 13.3. The van der Waals surface area contributed by atoms with E-state index < -0.39 is 0 Å². The molecule has 2 rings (SSSR count). The molecule has 1 aliphatic rings. The third kappa shape index (κ3) is 3.22. The molecule has 1 aromatic heterocycles. The van der Waals surface area contributed by atoms with Crippen LogP contribution in [0.3, 0.4) is 0 Å². The first-order valence-corrected chi connectivity index (χ1v) is 7.10. The van der Waals surface area contributed by atoms with Crippen LogP contribution < -0.4 is 4.90 Å². The fourth-order valence-electron chi connectivity index (χ4n) is 2.55. The molecule has 0 spiro atoms. The Balaban J connectivity index is 2.07. The highest BCUT2D eigenvalue weighted by Crippen LogP contribution is 2.23. The molecule has 1 atom stereocenters. The van der Waals surface area contributed by atoms with Crippen LogP contribution in [-0.4, -0.2) is 43.1 Å². The summed E-state index contributed by atoms with van der Waals surface area (Å²) in [5, 5.41) is 0. The molecule has 3 heteroatoms. The zero-order valence-electron chi connectivity index (χ0n) is 11.9. The Kier molecular flexibility index (Phi) is 4.59. The molecule has 18 heavy (non-hydrogen) atoms. The minimum atomic E-state index is 0.643. The van der Waals surface area contributed by atoms with E-state index in [9.17, 15) is 0 Å². The first-order valence-electron chi connectivity index (χ1n) is 7.10. The number of hydrogen-bond acceptors (Lipinski definition) is 3. The summed E-state index contributed by atoms with van der Waals surface area (Å²) in [5.41, 5.74) is 1.43. The van der Waals surface area contributed by atoms with Gasteiger partial charge in [0.25, 0.3) is 0 Å². The zero-order valence-corrected chi connectivity index (χ0v) is 11.9. The van der Waals surface area contributed by atoms with Crippen LogP contribution in [0.1, 0.15) is 38.2 Å². The van der Waals surface area contributed by atoms with Gasteiger partial charge in [-0.15, -0.1) is 0 Å². The van der Waals surface area contributed by atoms with Gasteiger partial charge in [0.2, 0.25) is 0 Å². The third-order valence-corrected chi connectivity index (χ3v) is 3.89. The van der Waals surface area contributed by atoms with Crippen LogP contribution in [0.25, 0.3) is 0 Å². The molecule has 3 nitrogen and oxygen atoms in total. The molecular weight excluding hydrogens is 222 g/mol. The average Bonchev–Trinajstić information content (AvgIpc) is 2.40. The highest BCUT2D eigenvalue weighted by atomic mass is 15.3. The number of rotatable bonds is 4. The Morgan fingerprint density at radius 2 is 2.00 bits per heavy atom. The molecule has 0 aliphatic carbocycles. The van der Waals surface area contributed by atoms with E-state index in [0.717, 1.165) is 32.0 Å². The van der Waals surface area contributed by atoms with Crippen LogP contribution >= 0.6 is 0 Å². The Morgan fingerprint density at radius 1 is 1.28 bits per heavy atom. The van der Waals surface area contributed by atoms with Crippen LogP contribution in [0.5, 0.6) is 0 Å². The zero-order chi connectivity index (χ0) is 13.0. The van der Waals surface area contributed by atoms with E-state index in [0.29, 0.717) is 5.92 Å². The summed E-state index contributed by atoms with van der Waals surface area (Å²) in [4.78, 5) is 9.32. The van der Waals surface area contributed by atoms with Gasteiger partial charge in [-0.3, -0.25) is 0 Å². The molecule has 0 radical (unpaired) electrons. The lowest BCUT2D eigenvalue weighted by Crippen LogP contribution is -2.44. The molecule has 0 bridgehead atoms. The van der Waals surface area contributed by atoms with Crippen molar-refractivity contribution in [2.45, 2.75) is 32.6 Å². The molecule has 1 fully saturated rings. The second-order valence-corrected chi connectivity index (χ2v) is 5.43. The summed E-state index contributed by atoms with van der Waals surface area (Å²) in [7, 11) is 2.19. The van der Waals surface area contributed by atoms with E-state index in [-0.39, 0.29) is 0 Å². The van der Waals surface area contributed by atoms with Gasteiger partial charge in [-0.1, -0.05) is 20.3 Å². The highest BCUT2D eigenvalue weighted by Gasteiger charge is 2.16. The smallest absolute Gasteiger partial charge is 0.128 e. The number of hydrogen-bond donors (Lipinski definition) is 0. The standard InChI is InChI=1S/C15H25N3/c1-4-5-13(2)14-6-7-16-15(12-14)18-10-8-17(3)9-11-18/h6-7,12-13H,4-5,8-11H2,1-3H3. The number of pyridine rings is 1. The van der Waals surface area contributed by atoms with E-state index in [4.69, 9.17) is 0 Å². The predicted molar refractivity (Wildman–Crippen MR) is 77.3 cm³/mol. The number of aromatic nitrogens is 1. The quantitative estimate of drug-likeness (QED) is 0.815. The maximum atomic E-state index is 4.54. The Morgan fingerprint density at radius 3 is 2.67 bits per heavy atom. The van der Waals surface area contributed by atoms with Gasteiger partial charge in [-0.2, -0.15) is 0 Å². The van der Waals surface area contributed by atoms with Crippen molar-refractivity contribution in [1.82, 2.24) is 9.88 Å². The molecule has 1 saturated heterocycles. The van der Waals surface area contributed by atoms with Gasteiger partial charge in [0.05, 0.1) is 0 Å². The second kappa shape index (κ2) is 6.19. The molecule has 1 aromatic rings. The van der Waals surface area contributed by atoms with E-state index in [1.165, 1.54) is 18.4 Å². The van der Waals surface area contributed by atoms with Crippen molar-refractivity contribution in [2.24, 2.45) is 0 Å². The maximum absolute atomic E-state index is 4.54. The van der Waals surface area contributed by atoms with Gasteiger partial charge in [-0.05, 0) is 37.1 Å². The van der Waals surface area contributed by atoms with Crippen LogP contribution in [0.15, 0.2) is 18.3 Å². The van der Waals surface area contributed by atoms with Gasteiger partial charge in [0, 0.05) is 32.4 Å². The van der Waals surface area contributed by atoms with Crippen molar-refractivity contribution in [2.75, 3.05) is 38.1 Å². The lowest BCUT2D eigenvalue weighted by molar-refractivity contribution is 0.312. The van der Waals surface area contributed by atoms with Gasteiger partial charge in [0.15, 0.2) is 0 Å². The normalized spacial score (nSPS) is 18.9. The average molecular weight is 247 g/mol. The van der Waals surface area contributed by atoms with Crippen molar-refractivity contribution >= 4 is 5.82 Å². The van der Waals surface area contributed by atoms with Crippen molar-refractivity contribution in [3.8, 4) is 0 Å². The van der Waals surface area contributed by atoms with Crippen LogP contribution in [0, 0.1) is 0 Å². The molecular formula is C15H25N3. The summed E-state index contributed by atoms with van der Waals surface area (Å²) in [5.74, 6) is 1.80. The topological polar surface area (TPSA) is 19.4 Å². The highest BCUT2D eigenvalue weighted by molar-refractivity contribution is 5.42. The lowest BCUT2D eigenvalue weighted by atomic mass is 9.97. The fraction of sp³-hybridized carbons (Fsp3) is 0.667. The molecule has 100 valence electrons. The SMILES string of the molecule is CCCC(C)c1ccnc(N2CCN(C)CC2)c1. The number of piperazine rings is 1. The van der Waals surface area contributed by atoms with Crippen LogP contribution in [0.2, 0.25) is 0 Å². The molecule has 1 unspecified atom stereocenters. The van der Waals surface area contributed by atoms with Gasteiger partial charge in [0.1, 0.15) is 5.82 Å². The monoisotopic (exact) mass is 247 g/mol. The van der Waals surface area contributed by atoms with Crippen molar-refractivity contribution in [1.29, 1.82) is 0 Å². The Bertz CT molecular complexity index is 370. The third-order valence-electron chi connectivity index (χ3n) is 3.89. The minimum absolute atomic E-state index is 0.643. The van der Waals surface area contributed by atoms with Gasteiger partial charge < -0.3 is 9.80 Å². The van der Waals surface area contributed by atoms with Crippen molar-refractivity contribution in [3.63, 3.8) is 0 Å².